The number of ether oxygens (including phenoxy) is 4. The number of benzene rings is 2. The fourth-order valence-electron chi connectivity index (χ4n) is 5.22. The van der Waals surface area contributed by atoms with Gasteiger partial charge < -0.3 is 29.2 Å². The molecule has 0 fully saturated rings. The molecular formula is C34H32ClN5O8. The molecule has 14 heteroatoms. The van der Waals surface area contributed by atoms with E-state index in [1.54, 1.807) is 78.1 Å². The van der Waals surface area contributed by atoms with Crippen LogP contribution in [0.1, 0.15) is 29.5 Å². The van der Waals surface area contributed by atoms with Crippen LogP contribution in [-0.2, 0) is 24.4 Å². The highest BCUT2D eigenvalue weighted by atomic mass is 35.5. The largest absolute Gasteiger partial charge is 0.488 e. The van der Waals surface area contributed by atoms with E-state index in [4.69, 9.17) is 30.5 Å². The highest BCUT2D eigenvalue weighted by molar-refractivity contribution is 6.32. The number of fused-ring (bicyclic) bond motifs is 1. The third-order valence-corrected chi connectivity index (χ3v) is 8.05. The molecule has 48 heavy (non-hydrogen) atoms. The van der Waals surface area contributed by atoms with Crippen LogP contribution in [0.5, 0.6) is 23.0 Å². The number of pyridine rings is 2. The summed E-state index contributed by atoms with van der Waals surface area (Å²) >= 11 is 6.67. The van der Waals surface area contributed by atoms with E-state index in [2.05, 4.69) is 15.3 Å². The first-order valence-corrected chi connectivity index (χ1v) is 15.6. The van der Waals surface area contributed by atoms with Crippen molar-refractivity contribution in [3.63, 3.8) is 0 Å². The van der Waals surface area contributed by atoms with Gasteiger partial charge in [-0.1, -0.05) is 16.8 Å². The smallest absolute Gasteiger partial charge is 0.308 e. The second kappa shape index (κ2) is 15.0. The molecule has 1 unspecified atom stereocenters. The van der Waals surface area contributed by atoms with Crippen LogP contribution in [0.2, 0.25) is 5.02 Å². The van der Waals surface area contributed by atoms with Crippen molar-refractivity contribution in [2.24, 2.45) is 5.92 Å². The normalized spacial score (nSPS) is 12.8. The van der Waals surface area contributed by atoms with Crippen molar-refractivity contribution in [3.05, 3.63) is 112 Å². The van der Waals surface area contributed by atoms with Gasteiger partial charge in [0.2, 0.25) is 0 Å². The summed E-state index contributed by atoms with van der Waals surface area (Å²) in [7, 11) is 0. The maximum absolute atomic E-state index is 13.5. The van der Waals surface area contributed by atoms with Crippen LogP contribution in [0.4, 0.5) is 0 Å². The molecule has 0 spiro atoms. The number of aliphatic hydroxyl groups excluding tert-OH is 1. The number of carbonyl (C=O) groups is 1. The van der Waals surface area contributed by atoms with Gasteiger partial charge in [-0.15, -0.1) is 5.10 Å². The molecule has 0 saturated heterocycles. The first-order chi connectivity index (χ1) is 23.4. The van der Waals surface area contributed by atoms with Crippen LogP contribution in [0, 0.1) is 5.92 Å². The zero-order valence-corrected chi connectivity index (χ0v) is 26.5. The van der Waals surface area contributed by atoms with Crippen LogP contribution in [0.15, 0.2) is 84.3 Å². The zero-order chi connectivity index (χ0) is 33.5. The van der Waals surface area contributed by atoms with E-state index in [1.165, 1.54) is 4.57 Å². The van der Waals surface area contributed by atoms with E-state index in [-0.39, 0.29) is 25.2 Å². The van der Waals surface area contributed by atoms with Crippen molar-refractivity contribution in [1.29, 1.82) is 0 Å². The molecule has 0 saturated carbocycles. The van der Waals surface area contributed by atoms with E-state index in [0.29, 0.717) is 71.0 Å². The Bertz CT molecular complexity index is 1950. The Labute approximate surface area is 279 Å². The van der Waals surface area contributed by atoms with Crippen LogP contribution in [0.3, 0.4) is 0 Å². The van der Waals surface area contributed by atoms with Crippen LogP contribution >= 0.6 is 11.6 Å². The summed E-state index contributed by atoms with van der Waals surface area (Å²) in [4.78, 5) is 29.2. The number of aliphatic hydroxyl groups is 1. The average molecular weight is 674 g/mol. The fraction of sp³-hybridized carbons (Fsp3) is 0.265. The van der Waals surface area contributed by atoms with Gasteiger partial charge in [0, 0.05) is 30.1 Å². The number of carboxylic acids is 1. The lowest BCUT2D eigenvalue weighted by atomic mass is 9.99. The lowest BCUT2D eigenvalue weighted by Crippen LogP contribution is -2.23. The van der Waals surface area contributed by atoms with Gasteiger partial charge >= 0.3 is 5.97 Å². The third-order valence-electron chi connectivity index (χ3n) is 7.76. The number of aliphatic carboxylic acids is 1. The molecule has 2 N–H and O–H groups in total. The molecule has 5 aromatic rings. The van der Waals surface area contributed by atoms with Gasteiger partial charge in [0.05, 0.1) is 53.1 Å². The summed E-state index contributed by atoms with van der Waals surface area (Å²) in [6.45, 7) is 0.540. The summed E-state index contributed by atoms with van der Waals surface area (Å²) in [5, 5.41) is 26.9. The van der Waals surface area contributed by atoms with Crippen LogP contribution in [0.25, 0.3) is 11.4 Å². The van der Waals surface area contributed by atoms with Gasteiger partial charge in [0.15, 0.2) is 11.5 Å². The summed E-state index contributed by atoms with van der Waals surface area (Å²) in [5.74, 6) is 0.0564. The summed E-state index contributed by atoms with van der Waals surface area (Å²) < 4.78 is 26.7. The molecule has 0 aliphatic carbocycles. The number of nitrogens with zero attached hydrogens (tertiary/aromatic N) is 5. The van der Waals surface area contributed by atoms with Crippen molar-refractivity contribution in [1.82, 2.24) is 24.5 Å². The lowest BCUT2D eigenvalue weighted by Gasteiger charge is -2.19. The van der Waals surface area contributed by atoms with Crippen molar-refractivity contribution in [2.75, 3.05) is 19.8 Å². The standard InChI is InChI=1S/C34H32ClN5O8/c35-28-14-23(3-1-4-24(19-41)34(43)44)30(47-20-22-13-27(18-36-17-22)40-10-8-37-38-40)16-31(28)48-21-25-5-2-9-39(33(25)42)26-6-7-29-32(15-26)46-12-11-45-29/h2,5-10,13-18,24,41H,1,3-4,11-12,19-21H2,(H,43,44). The molecular weight excluding hydrogens is 642 g/mol. The topological polar surface area (TPSA) is 160 Å². The van der Waals surface area contributed by atoms with Crippen molar-refractivity contribution in [2.45, 2.75) is 32.5 Å². The van der Waals surface area contributed by atoms with E-state index in [1.807, 2.05) is 6.07 Å². The molecule has 1 aliphatic rings. The summed E-state index contributed by atoms with van der Waals surface area (Å²) in [6, 6.07) is 14.0. The molecule has 1 aliphatic heterocycles. The molecule has 2 aromatic carbocycles. The Kier molecular flexibility index (Phi) is 10.2. The predicted molar refractivity (Wildman–Crippen MR) is 173 cm³/mol. The Morgan fingerprint density at radius 1 is 0.958 bits per heavy atom. The highest BCUT2D eigenvalue weighted by Gasteiger charge is 2.18. The Morgan fingerprint density at radius 3 is 2.58 bits per heavy atom. The minimum Gasteiger partial charge on any atom is -0.488 e. The van der Waals surface area contributed by atoms with Gasteiger partial charge in [-0.3, -0.25) is 19.1 Å². The number of halogens is 1. The molecule has 0 amide bonds. The second-order valence-corrected chi connectivity index (χ2v) is 11.4. The molecule has 6 rings (SSSR count). The van der Waals surface area contributed by atoms with E-state index >= 15 is 0 Å². The number of hydrogen-bond donors (Lipinski definition) is 2. The average Bonchev–Trinajstić information content (AvgIpc) is 3.65. The quantitative estimate of drug-likeness (QED) is 0.172. The van der Waals surface area contributed by atoms with Crippen LogP contribution < -0.4 is 24.5 Å². The first-order valence-electron chi connectivity index (χ1n) is 15.2. The Hall–Kier alpha value is -5.40. The minimum atomic E-state index is -1.05. The number of hydrogen-bond acceptors (Lipinski definition) is 10. The maximum Gasteiger partial charge on any atom is 0.308 e. The zero-order valence-electron chi connectivity index (χ0n) is 25.7. The van der Waals surface area contributed by atoms with Crippen molar-refractivity contribution in [3.8, 4) is 34.4 Å². The minimum absolute atomic E-state index is 0.0661. The molecule has 13 nitrogen and oxygen atoms in total. The Morgan fingerprint density at radius 2 is 1.79 bits per heavy atom. The Balaban J connectivity index is 1.22. The molecule has 3 aromatic heterocycles. The maximum atomic E-state index is 13.5. The molecule has 248 valence electrons. The van der Waals surface area contributed by atoms with E-state index in [9.17, 15) is 19.8 Å². The van der Waals surface area contributed by atoms with Crippen molar-refractivity contribution < 1.29 is 34.0 Å². The fourth-order valence-corrected chi connectivity index (χ4v) is 5.46. The first kappa shape index (κ1) is 32.5. The van der Waals surface area contributed by atoms with Gasteiger partial charge in [-0.05, 0) is 61.2 Å². The third kappa shape index (κ3) is 7.59. The second-order valence-electron chi connectivity index (χ2n) is 11.0. The molecule has 0 bridgehead atoms. The van der Waals surface area contributed by atoms with Gasteiger partial charge in [-0.2, -0.15) is 0 Å². The van der Waals surface area contributed by atoms with Gasteiger partial charge in [0.1, 0.15) is 37.9 Å². The highest BCUT2D eigenvalue weighted by Crippen LogP contribution is 2.35. The number of aryl methyl sites for hydroxylation is 1. The number of aromatic nitrogens is 5. The van der Waals surface area contributed by atoms with E-state index in [0.717, 1.165) is 11.1 Å². The summed E-state index contributed by atoms with van der Waals surface area (Å²) in [5.41, 5.74) is 2.96. The van der Waals surface area contributed by atoms with Gasteiger partial charge in [0.25, 0.3) is 5.56 Å². The number of rotatable bonds is 14. The van der Waals surface area contributed by atoms with E-state index < -0.39 is 18.5 Å². The molecule has 4 heterocycles. The SMILES string of the molecule is O=C(O)C(CO)CCCc1cc(Cl)c(OCc2cccn(-c3ccc4c(c3)OCCO4)c2=O)cc1OCc1cncc(-n2ccnn2)c1. The van der Waals surface area contributed by atoms with Crippen LogP contribution in [-0.4, -0.2) is 60.5 Å². The predicted octanol–water partition coefficient (Wildman–Crippen LogP) is 4.41. The number of carboxylic acid groups (broad SMARTS) is 1. The van der Waals surface area contributed by atoms with Gasteiger partial charge in [-0.25, -0.2) is 4.68 Å². The van der Waals surface area contributed by atoms with Crippen molar-refractivity contribution >= 4 is 17.6 Å². The lowest BCUT2D eigenvalue weighted by molar-refractivity contribution is -0.143. The summed E-state index contributed by atoms with van der Waals surface area (Å²) in [6.07, 6.45) is 9.46. The monoisotopic (exact) mass is 673 g/mol. The molecule has 0 radical (unpaired) electrons. The molecule has 1 atom stereocenters.